The van der Waals surface area contributed by atoms with Crippen LogP contribution in [0.15, 0.2) is 24.3 Å². The minimum absolute atomic E-state index is 0. The van der Waals surface area contributed by atoms with Crippen LogP contribution in [0.2, 0.25) is 0 Å². The lowest BCUT2D eigenvalue weighted by molar-refractivity contribution is -0.137. The van der Waals surface area contributed by atoms with E-state index in [1.807, 2.05) is 28.0 Å². The lowest BCUT2D eigenvalue weighted by atomic mass is 9.77. The van der Waals surface area contributed by atoms with E-state index in [9.17, 15) is 9.59 Å². The summed E-state index contributed by atoms with van der Waals surface area (Å²) < 4.78 is 0. The molecule has 1 aromatic rings. The smallest absolute Gasteiger partial charge is 0.228 e. The molecule has 1 N–H and O–H groups in total. The molecule has 0 saturated carbocycles. The Morgan fingerprint density at radius 1 is 1.24 bits per heavy atom. The van der Waals surface area contributed by atoms with Crippen LogP contribution in [0, 0.1) is 11.3 Å². The summed E-state index contributed by atoms with van der Waals surface area (Å²) in [6.45, 7) is 8.77. The van der Waals surface area contributed by atoms with Gasteiger partial charge in [0.05, 0.1) is 5.92 Å². The van der Waals surface area contributed by atoms with Crippen molar-refractivity contribution in [1.29, 1.82) is 0 Å². The molecule has 4 rings (SSSR count). The second-order valence-corrected chi connectivity index (χ2v) is 9.03. The number of benzene rings is 1. The summed E-state index contributed by atoms with van der Waals surface area (Å²) in [6.07, 6.45) is 4.79. The monoisotopic (exact) mass is 419 g/mol. The fourth-order valence-corrected chi connectivity index (χ4v) is 5.16. The maximum absolute atomic E-state index is 13.1. The fourth-order valence-electron chi connectivity index (χ4n) is 5.16. The van der Waals surface area contributed by atoms with E-state index >= 15 is 0 Å². The minimum atomic E-state index is -0.201. The van der Waals surface area contributed by atoms with Gasteiger partial charge in [-0.15, -0.1) is 12.4 Å². The fraction of sp³-hybridized carbons (Fsp3) is 0.652. The first kappa shape index (κ1) is 22.1. The van der Waals surface area contributed by atoms with Gasteiger partial charge >= 0.3 is 0 Å². The average Bonchev–Trinajstić information content (AvgIpc) is 3.34. The number of carbonyl (C=O) groups excluding carboxylic acids is 2. The molecule has 0 radical (unpaired) electrons. The number of hydrogen-bond acceptors (Lipinski definition) is 3. The summed E-state index contributed by atoms with van der Waals surface area (Å²) >= 11 is 0. The Morgan fingerprint density at radius 2 is 1.97 bits per heavy atom. The molecule has 0 bridgehead atoms. The Labute approximate surface area is 180 Å². The van der Waals surface area contributed by atoms with E-state index in [0.717, 1.165) is 51.1 Å². The molecule has 160 valence electrons. The highest BCUT2D eigenvalue weighted by Gasteiger charge is 2.42. The largest absolute Gasteiger partial charge is 0.342 e. The van der Waals surface area contributed by atoms with Gasteiger partial charge in [0.2, 0.25) is 11.8 Å². The Kier molecular flexibility index (Phi) is 6.90. The minimum Gasteiger partial charge on any atom is -0.342 e. The lowest BCUT2D eigenvalue weighted by Gasteiger charge is -2.39. The summed E-state index contributed by atoms with van der Waals surface area (Å²) in [6, 6.07) is 8.18. The number of nitrogens with one attached hydrogen (secondary N) is 1. The highest BCUT2D eigenvalue weighted by molar-refractivity contribution is 6.01. The third kappa shape index (κ3) is 4.31. The van der Waals surface area contributed by atoms with Gasteiger partial charge in [-0.25, -0.2) is 0 Å². The van der Waals surface area contributed by atoms with E-state index < -0.39 is 0 Å². The highest BCUT2D eigenvalue weighted by atomic mass is 35.5. The zero-order chi connectivity index (χ0) is 19.7. The van der Waals surface area contributed by atoms with Crippen molar-refractivity contribution < 1.29 is 9.59 Å². The summed E-state index contributed by atoms with van der Waals surface area (Å²) in [4.78, 5) is 29.8. The molecule has 1 aromatic carbocycles. The molecule has 3 aliphatic heterocycles. The molecule has 1 spiro atoms. The molecule has 2 amide bonds. The summed E-state index contributed by atoms with van der Waals surface area (Å²) in [5.41, 5.74) is 2.61. The number of rotatable bonds is 4. The number of amides is 2. The first-order chi connectivity index (χ1) is 13.5. The topological polar surface area (TPSA) is 52.7 Å². The molecular formula is C23H34ClN3O2. The lowest BCUT2D eigenvalue weighted by Crippen LogP contribution is -2.46. The third-order valence-corrected chi connectivity index (χ3v) is 7.31. The van der Waals surface area contributed by atoms with Crippen LogP contribution in [0.3, 0.4) is 0 Å². The molecule has 6 heteroatoms. The summed E-state index contributed by atoms with van der Waals surface area (Å²) in [5, 5.41) is 3.48. The first-order valence-corrected chi connectivity index (χ1v) is 10.9. The van der Waals surface area contributed by atoms with E-state index in [1.54, 1.807) is 0 Å². The molecule has 5 nitrogen and oxygen atoms in total. The van der Waals surface area contributed by atoms with Crippen LogP contribution in [0.25, 0.3) is 0 Å². The Hall–Kier alpha value is -1.59. The van der Waals surface area contributed by atoms with Crippen molar-refractivity contribution in [2.45, 2.75) is 51.9 Å². The number of para-hydroxylation sites is 1. The normalized spacial score (nSPS) is 24.6. The predicted octanol–water partition coefficient (Wildman–Crippen LogP) is 3.58. The van der Waals surface area contributed by atoms with Gasteiger partial charge in [-0.05, 0) is 55.2 Å². The SMILES string of the molecule is CCC(C)c1ccccc1N1CC(C(=O)N2CCC3(CCNC3)CC2)CC1=O.Cl. The van der Waals surface area contributed by atoms with Crippen molar-refractivity contribution in [1.82, 2.24) is 10.2 Å². The van der Waals surface area contributed by atoms with Crippen molar-refractivity contribution in [3.8, 4) is 0 Å². The van der Waals surface area contributed by atoms with Crippen molar-refractivity contribution in [2.75, 3.05) is 37.6 Å². The first-order valence-electron chi connectivity index (χ1n) is 10.9. The molecule has 2 atom stereocenters. The van der Waals surface area contributed by atoms with E-state index in [2.05, 4.69) is 25.2 Å². The van der Waals surface area contributed by atoms with Gasteiger partial charge in [0.15, 0.2) is 0 Å². The number of hydrogen-bond donors (Lipinski definition) is 1. The maximum Gasteiger partial charge on any atom is 0.228 e. The van der Waals surface area contributed by atoms with Crippen LogP contribution in [-0.4, -0.2) is 49.4 Å². The quantitative estimate of drug-likeness (QED) is 0.811. The number of carbonyl (C=O) groups is 2. The summed E-state index contributed by atoms with van der Waals surface area (Å²) in [5.74, 6) is 0.463. The molecule has 3 heterocycles. The molecule has 3 aliphatic rings. The van der Waals surface area contributed by atoms with Crippen LogP contribution < -0.4 is 10.2 Å². The van der Waals surface area contributed by atoms with Crippen LogP contribution in [-0.2, 0) is 9.59 Å². The van der Waals surface area contributed by atoms with Gasteiger partial charge in [0.1, 0.15) is 0 Å². The number of likely N-dealkylation sites (tertiary alicyclic amines) is 1. The van der Waals surface area contributed by atoms with Gasteiger partial charge < -0.3 is 15.1 Å². The van der Waals surface area contributed by atoms with Crippen LogP contribution in [0.5, 0.6) is 0 Å². The van der Waals surface area contributed by atoms with Gasteiger partial charge in [-0.2, -0.15) is 0 Å². The predicted molar refractivity (Wildman–Crippen MR) is 119 cm³/mol. The number of anilines is 1. The standard InChI is InChI=1S/C23H33N3O2.ClH/c1-3-17(2)19-6-4-5-7-20(19)26-15-18(14-21(26)27)22(28)25-12-9-23(10-13-25)8-11-24-16-23;/h4-7,17-18,24H,3,8-16H2,1-2H3;1H. The Balaban J connectivity index is 0.00000240. The van der Waals surface area contributed by atoms with Crippen LogP contribution >= 0.6 is 12.4 Å². The number of piperidine rings is 1. The van der Waals surface area contributed by atoms with Gasteiger partial charge in [-0.3, -0.25) is 9.59 Å². The molecule has 0 aliphatic carbocycles. The van der Waals surface area contributed by atoms with Crippen molar-refractivity contribution in [3.63, 3.8) is 0 Å². The zero-order valence-corrected chi connectivity index (χ0v) is 18.5. The third-order valence-electron chi connectivity index (χ3n) is 7.31. The Morgan fingerprint density at radius 3 is 2.62 bits per heavy atom. The van der Waals surface area contributed by atoms with E-state index in [4.69, 9.17) is 0 Å². The van der Waals surface area contributed by atoms with Crippen molar-refractivity contribution in [3.05, 3.63) is 29.8 Å². The van der Waals surface area contributed by atoms with Gasteiger partial charge in [0, 0.05) is 38.3 Å². The van der Waals surface area contributed by atoms with E-state index in [1.165, 1.54) is 12.0 Å². The number of nitrogens with zero attached hydrogens (tertiary/aromatic N) is 2. The van der Waals surface area contributed by atoms with Crippen LogP contribution in [0.4, 0.5) is 5.69 Å². The second kappa shape index (κ2) is 9.05. The van der Waals surface area contributed by atoms with Crippen molar-refractivity contribution >= 4 is 29.9 Å². The molecule has 2 unspecified atom stereocenters. The average molecular weight is 420 g/mol. The van der Waals surface area contributed by atoms with Gasteiger partial charge in [-0.1, -0.05) is 32.0 Å². The Bertz CT molecular complexity index is 737. The van der Waals surface area contributed by atoms with Crippen LogP contribution in [0.1, 0.15) is 57.4 Å². The second-order valence-electron chi connectivity index (χ2n) is 9.03. The van der Waals surface area contributed by atoms with E-state index in [-0.39, 0.29) is 30.1 Å². The van der Waals surface area contributed by atoms with E-state index in [0.29, 0.717) is 24.3 Å². The zero-order valence-electron chi connectivity index (χ0n) is 17.7. The highest BCUT2D eigenvalue weighted by Crippen LogP contribution is 2.38. The molecule has 3 saturated heterocycles. The molecule has 0 aromatic heterocycles. The molecular weight excluding hydrogens is 386 g/mol. The molecule has 29 heavy (non-hydrogen) atoms. The van der Waals surface area contributed by atoms with Crippen molar-refractivity contribution in [2.24, 2.45) is 11.3 Å². The maximum atomic E-state index is 13.1. The van der Waals surface area contributed by atoms with Gasteiger partial charge in [0.25, 0.3) is 0 Å². The summed E-state index contributed by atoms with van der Waals surface area (Å²) in [7, 11) is 0. The number of halogens is 1. The molecule has 3 fully saturated rings.